The maximum absolute atomic E-state index is 13.0. The Kier molecular flexibility index (Phi) is 8.59. The fraction of sp³-hybridized carbons (Fsp3) is 0.393. The SMILES string of the molecule is CN(C)C(=O)Cn1c(-c2ccccc2)c(C2CCCCC2)c2ccc(C(=O)NS(=O)(=O)CCNC(=O)O)cc21. The molecule has 10 nitrogen and oxygen atoms in total. The molecule has 1 aliphatic rings. The second-order valence-electron chi connectivity index (χ2n) is 10.1. The van der Waals surface area contributed by atoms with E-state index in [0.29, 0.717) is 11.4 Å². The van der Waals surface area contributed by atoms with Crippen molar-refractivity contribution in [3.05, 3.63) is 59.7 Å². The van der Waals surface area contributed by atoms with Crippen LogP contribution in [0.1, 0.15) is 53.9 Å². The summed E-state index contributed by atoms with van der Waals surface area (Å²) in [6, 6.07) is 15.0. The maximum Gasteiger partial charge on any atom is 0.404 e. The normalized spacial score (nSPS) is 14.2. The van der Waals surface area contributed by atoms with Gasteiger partial charge in [-0.05, 0) is 42.0 Å². The molecule has 4 rings (SSSR count). The first-order valence-corrected chi connectivity index (χ1v) is 14.7. The van der Waals surface area contributed by atoms with E-state index in [0.717, 1.165) is 47.9 Å². The number of likely N-dealkylation sites (N-methyl/N-ethyl adjacent to an activating group) is 1. The summed E-state index contributed by atoms with van der Waals surface area (Å²) in [5.41, 5.74) is 3.88. The van der Waals surface area contributed by atoms with E-state index in [4.69, 9.17) is 5.11 Å². The summed E-state index contributed by atoms with van der Waals surface area (Å²) < 4.78 is 28.7. The first-order valence-electron chi connectivity index (χ1n) is 13.0. The third-order valence-corrected chi connectivity index (χ3v) is 8.35. The smallest absolute Gasteiger partial charge is 0.404 e. The van der Waals surface area contributed by atoms with Crippen molar-refractivity contribution in [1.82, 2.24) is 19.5 Å². The van der Waals surface area contributed by atoms with Gasteiger partial charge in [0.05, 0.1) is 17.0 Å². The number of hydrogen-bond acceptors (Lipinski definition) is 5. The van der Waals surface area contributed by atoms with Crippen LogP contribution >= 0.6 is 0 Å². The van der Waals surface area contributed by atoms with Gasteiger partial charge in [0.15, 0.2) is 0 Å². The Morgan fingerprint density at radius 3 is 2.36 bits per heavy atom. The summed E-state index contributed by atoms with van der Waals surface area (Å²) in [5, 5.41) is 11.6. The average molecular weight is 555 g/mol. The summed E-state index contributed by atoms with van der Waals surface area (Å²) in [6.45, 7) is -0.289. The number of hydrogen-bond donors (Lipinski definition) is 3. The number of nitrogens with one attached hydrogen (secondary N) is 2. The van der Waals surface area contributed by atoms with Crippen molar-refractivity contribution in [1.29, 1.82) is 0 Å². The molecule has 0 bridgehead atoms. The Balaban J connectivity index is 1.83. The second kappa shape index (κ2) is 11.9. The van der Waals surface area contributed by atoms with Crippen LogP contribution in [0.25, 0.3) is 22.2 Å². The zero-order chi connectivity index (χ0) is 28.2. The van der Waals surface area contributed by atoms with Crippen molar-refractivity contribution in [2.24, 2.45) is 0 Å². The lowest BCUT2D eigenvalue weighted by Crippen LogP contribution is -2.37. The van der Waals surface area contributed by atoms with Crippen molar-refractivity contribution in [2.75, 3.05) is 26.4 Å². The van der Waals surface area contributed by atoms with E-state index in [-0.39, 0.29) is 24.6 Å². The van der Waals surface area contributed by atoms with Crippen LogP contribution in [0.3, 0.4) is 0 Å². The van der Waals surface area contributed by atoms with E-state index in [1.54, 1.807) is 26.2 Å². The molecule has 0 atom stereocenters. The molecule has 2 aromatic carbocycles. The predicted octanol–water partition coefficient (Wildman–Crippen LogP) is 3.77. The number of carbonyl (C=O) groups excluding carboxylic acids is 2. The zero-order valence-corrected chi connectivity index (χ0v) is 23.0. The van der Waals surface area contributed by atoms with E-state index in [2.05, 4.69) is 0 Å². The van der Waals surface area contributed by atoms with Gasteiger partial charge in [-0.15, -0.1) is 0 Å². The molecule has 208 valence electrons. The highest BCUT2D eigenvalue weighted by Crippen LogP contribution is 2.44. The number of rotatable bonds is 9. The molecule has 0 radical (unpaired) electrons. The molecular formula is C28H34N4O6S. The monoisotopic (exact) mass is 554 g/mol. The molecule has 3 amide bonds. The topological polar surface area (TPSA) is 138 Å². The first kappa shape index (κ1) is 28.2. The second-order valence-corrected chi connectivity index (χ2v) is 11.9. The molecule has 1 fully saturated rings. The molecule has 1 heterocycles. The molecule has 0 spiro atoms. The number of fused-ring (bicyclic) bond motifs is 1. The Labute approximate surface area is 228 Å². The standard InChI is InChI=1S/C28H34N4O6S/c1-31(2)24(33)18-32-23-17-21(27(34)30-39(37,38)16-15-29-28(35)36)13-14-22(23)25(19-9-5-3-6-10-19)26(32)20-11-7-4-8-12-20/h4,7-8,11-14,17,19,29H,3,5-6,9-10,15-16,18H2,1-2H3,(H,30,34)(H,35,36). The number of benzene rings is 2. The zero-order valence-electron chi connectivity index (χ0n) is 22.1. The lowest BCUT2D eigenvalue weighted by molar-refractivity contribution is -0.129. The van der Waals surface area contributed by atoms with Gasteiger partial charge in [0, 0.05) is 31.6 Å². The van der Waals surface area contributed by atoms with Gasteiger partial charge in [0.1, 0.15) is 6.54 Å². The van der Waals surface area contributed by atoms with Crippen LogP contribution in [-0.4, -0.2) is 67.3 Å². The summed E-state index contributed by atoms with van der Waals surface area (Å²) in [5.74, 6) is -1.21. The third kappa shape index (κ3) is 6.59. The van der Waals surface area contributed by atoms with Gasteiger partial charge in [-0.25, -0.2) is 17.9 Å². The van der Waals surface area contributed by atoms with Crippen LogP contribution in [0.15, 0.2) is 48.5 Å². The Hall–Kier alpha value is -3.86. The lowest BCUT2D eigenvalue weighted by Gasteiger charge is -2.24. The number of nitrogens with zero attached hydrogens (tertiary/aromatic N) is 2. The highest BCUT2D eigenvalue weighted by atomic mass is 32.2. The fourth-order valence-electron chi connectivity index (χ4n) is 5.21. The molecule has 39 heavy (non-hydrogen) atoms. The van der Waals surface area contributed by atoms with Crippen molar-refractivity contribution < 1.29 is 27.9 Å². The first-order chi connectivity index (χ1) is 18.6. The Morgan fingerprint density at radius 2 is 1.72 bits per heavy atom. The van der Waals surface area contributed by atoms with E-state index >= 15 is 0 Å². The average Bonchev–Trinajstić information content (AvgIpc) is 3.22. The van der Waals surface area contributed by atoms with E-state index in [9.17, 15) is 22.8 Å². The highest BCUT2D eigenvalue weighted by Gasteiger charge is 2.28. The van der Waals surface area contributed by atoms with Gasteiger partial charge in [0.2, 0.25) is 15.9 Å². The number of carboxylic acid groups (broad SMARTS) is 1. The van der Waals surface area contributed by atoms with Gasteiger partial charge < -0.3 is 19.9 Å². The molecular weight excluding hydrogens is 520 g/mol. The fourth-order valence-corrected chi connectivity index (χ4v) is 6.09. The molecule has 1 aliphatic carbocycles. The molecule has 0 unspecified atom stereocenters. The molecule has 11 heteroatoms. The molecule has 0 saturated heterocycles. The highest BCUT2D eigenvalue weighted by molar-refractivity contribution is 7.90. The molecule has 3 aromatic rings. The minimum atomic E-state index is -4.07. The van der Waals surface area contributed by atoms with Crippen LogP contribution in [-0.2, 0) is 21.4 Å². The third-order valence-electron chi connectivity index (χ3n) is 7.11. The van der Waals surface area contributed by atoms with Gasteiger partial charge in [0.25, 0.3) is 5.91 Å². The molecule has 1 saturated carbocycles. The van der Waals surface area contributed by atoms with Crippen LogP contribution in [0.5, 0.6) is 0 Å². The van der Waals surface area contributed by atoms with E-state index < -0.39 is 27.8 Å². The Morgan fingerprint density at radius 1 is 1.03 bits per heavy atom. The molecule has 1 aromatic heterocycles. The number of carbonyl (C=O) groups is 3. The van der Waals surface area contributed by atoms with Crippen molar-refractivity contribution >= 4 is 38.8 Å². The quantitative estimate of drug-likeness (QED) is 0.368. The van der Waals surface area contributed by atoms with Crippen LogP contribution in [0, 0.1) is 0 Å². The largest absolute Gasteiger partial charge is 0.465 e. The number of aromatic nitrogens is 1. The molecule has 3 N–H and O–H groups in total. The van der Waals surface area contributed by atoms with Crippen molar-refractivity contribution in [3.63, 3.8) is 0 Å². The van der Waals surface area contributed by atoms with Crippen LogP contribution < -0.4 is 10.0 Å². The Bertz CT molecular complexity index is 1470. The van der Waals surface area contributed by atoms with E-state index in [1.807, 2.05) is 51.0 Å². The predicted molar refractivity (Wildman–Crippen MR) is 149 cm³/mol. The molecule has 0 aliphatic heterocycles. The summed E-state index contributed by atoms with van der Waals surface area (Å²) in [4.78, 5) is 38.1. The summed E-state index contributed by atoms with van der Waals surface area (Å²) in [7, 11) is -0.683. The van der Waals surface area contributed by atoms with Gasteiger partial charge in [-0.2, -0.15) is 0 Å². The van der Waals surface area contributed by atoms with Gasteiger partial charge in [-0.3, -0.25) is 9.59 Å². The van der Waals surface area contributed by atoms with E-state index in [1.165, 1.54) is 11.3 Å². The van der Waals surface area contributed by atoms with Crippen LogP contribution in [0.2, 0.25) is 0 Å². The summed E-state index contributed by atoms with van der Waals surface area (Å²) >= 11 is 0. The maximum atomic E-state index is 13.0. The number of amides is 3. The van der Waals surface area contributed by atoms with Crippen LogP contribution in [0.4, 0.5) is 4.79 Å². The minimum absolute atomic E-state index is 0.0602. The summed E-state index contributed by atoms with van der Waals surface area (Å²) in [6.07, 6.45) is 4.15. The van der Waals surface area contributed by atoms with Crippen molar-refractivity contribution in [3.8, 4) is 11.3 Å². The minimum Gasteiger partial charge on any atom is -0.465 e. The van der Waals surface area contributed by atoms with Crippen molar-refractivity contribution in [2.45, 2.75) is 44.6 Å². The van der Waals surface area contributed by atoms with Gasteiger partial charge >= 0.3 is 6.09 Å². The lowest BCUT2D eigenvalue weighted by atomic mass is 9.82. The number of sulfonamides is 1. The van der Waals surface area contributed by atoms with Gasteiger partial charge in [-0.1, -0.05) is 55.7 Å².